The monoisotopic (exact) mass is 290 g/mol. The molecule has 0 aliphatic rings. The van der Waals surface area contributed by atoms with Crippen molar-refractivity contribution < 1.29 is 4.79 Å². The Bertz CT molecular complexity index is 457. The lowest BCUT2D eigenvalue weighted by Crippen LogP contribution is -2.39. The first-order valence-electron chi connectivity index (χ1n) is 8.20. The van der Waals surface area contributed by atoms with Gasteiger partial charge in [0.25, 0.3) is 5.91 Å². The van der Waals surface area contributed by atoms with E-state index in [9.17, 15) is 4.79 Å². The highest BCUT2D eigenvalue weighted by Gasteiger charge is 2.22. The summed E-state index contributed by atoms with van der Waals surface area (Å²) in [6.45, 7) is 12.2. The maximum absolute atomic E-state index is 12.9. The summed E-state index contributed by atoms with van der Waals surface area (Å²) < 4.78 is 0. The Morgan fingerprint density at radius 1 is 1.29 bits per heavy atom. The largest absolute Gasteiger partial charge is 0.385 e. The van der Waals surface area contributed by atoms with Crippen LogP contribution in [0, 0.1) is 6.92 Å². The van der Waals surface area contributed by atoms with Gasteiger partial charge in [0.15, 0.2) is 0 Å². The van der Waals surface area contributed by atoms with Crippen molar-refractivity contribution in [1.29, 1.82) is 0 Å². The first-order chi connectivity index (χ1) is 10.0. The number of carbonyl (C=O) groups is 1. The fourth-order valence-corrected chi connectivity index (χ4v) is 2.41. The molecule has 118 valence electrons. The minimum atomic E-state index is 0.147. The number of anilines is 1. The van der Waals surface area contributed by atoms with E-state index in [-0.39, 0.29) is 11.9 Å². The van der Waals surface area contributed by atoms with Gasteiger partial charge < -0.3 is 10.2 Å². The zero-order valence-corrected chi connectivity index (χ0v) is 14.2. The molecule has 0 aromatic heterocycles. The molecule has 0 saturated carbocycles. The summed E-state index contributed by atoms with van der Waals surface area (Å²) in [6.07, 6.45) is 3.14. The third-order valence-electron chi connectivity index (χ3n) is 3.91. The van der Waals surface area contributed by atoms with Crippen LogP contribution in [0.5, 0.6) is 0 Å². The van der Waals surface area contributed by atoms with Crippen molar-refractivity contribution in [2.45, 2.75) is 59.9 Å². The fraction of sp³-hybridized carbons (Fsp3) is 0.611. The highest BCUT2D eigenvalue weighted by molar-refractivity contribution is 6.00. The smallest absolute Gasteiger partial charge is 0.256 e. The Morgan fingerprint density at radius 2 is 2.00 bits per heavy atom. The van der Waals surface area contributed by atoms with Gasteiger partial charge in [0.1, 0.15) is 0 Å². The van der Waals surface area contributed by atoms with E-state index >= 15 is 0 Å². The van der Waals surface area contributed by atoms with Crippen molar-refractivity contribution in [1.82, 2.24) is 4.90 Å². The molecule has 0 radical (unpaired) electrons. The summed E-state index contributed by atoms with van der Waals surface area (Å²) in [5, 5.41) is 3.32. The lowest BCUT2D eigenvalue weighted by atomic mass is 10.1. The van der Waals surface area contributed by atoms with Crippen LogP contribution < -0.4 is 5.32 Å². The molecule has 0 spiro atoms. The Hall–Kier alpha value is -1.51. The Kier molecular flexibility index (Phi) is 7.27. The number of hydrogen-bond donors (Lipinski definition) is 1. The van der Waals surface area contributed by atoms with Gasteiger partial charge in [0.2, 0.25) is 0 Å². The van der Waals surface area contributed by atoms with Crippen LogP contribution in [-0.4, -0.2) is 29.9 Å². The molecule has 0 saturated heterocycles. The molecule has 1 aromatic rings. The van der Waals surface area contributed by atoms with Crippen molar-refractivity contribution >= 4 is 11.6 Å². The topological polar surface area (TPSA) is 32.3 Å². The molecule has 0 aliphatic heterocycles. The highest BCUT2D eigenvalue weighted by Crippen LogP contribution is 2.21. The average molecular weight is 290 g/mol. The molecule has 0 heterocycles. The Labute approximate surface area is 129 Å². The van der Waals surface area contributed by atoms with Crippen LogP contribution in [0.1, 0.15) is 62.9 Å². The number of aryl methyl sites for hydroxylation is 1. The van der Waals surface area contributed by atoms with E-state index in [4.69, 9.17) is 0 Å². The molecule has 3 nitrogen and oxygen atoms in total. The second-order valence-electron chi connectivity index (χ2n) is 5.69. The van der Waals surface area contributed by atoms with Crippen molar-refractivity contribution in [3.8, 4) is 0 Å². The van der Waals surface area contributed by atoms with Crippen LogP contribution in [-0.2, 0) is 0 Å². The van der Waals surface area contributed by atoms with Crippen molar-refractivity contribution in [2.24, 2.45) is 0 Å². The predicted octanol–water partition coefficient (Wildman–Crippen LogP) is 4.47. The SMILES string of the molecule is CCCCN(C(=O)c1ccc(C)cc1NCC)C(C)CC. The third kappa shape index (κ3) is 4.76. The lowest BCUT2D eigenvalue weighted by molar-refractivity contribution is 0.0686. The fourth-order valence-electron chi connectivity index (χ4n) is 2.41. The molecular formula is C18H30N2O. The molecular weight excluding hydrogens is 260 g/mol. The Morgan fingerprint density at radius 3 is 2.57 bits per heavy atom. The molecule has 1 N–H and O–H groups in total. The van der Waals surface area contributed by atoms with Gasteiger partial charge in [-0.3, -0.25) is 4.79 Å². The second kappa shape index (κ2) is 8.71. The molecule has 0 fully saturated rings. The van der Waals surface area contributed by atoms with Crippen molar-refractivity contribution in [3.05, 3.63) is 29.3 Å². The lowest BCUT2D eigenvalue weighted by Gasteiger charge is -2.29. The number of unbranched alkanes of at least 4 members (excludes halogenated alkanes) is 1. The summed E-state index contributed by atoms with van der Waals surface area (Å²) >= 11 is 0. The maximum atomic E-state index is 12.9. The predicted molar refractivity (Wildman–Crippen MR) is 91.0 cm³/mol. The number of nitrogens with one attached hydrogen (secondary N) is 1. The van der Waals surface area contributed by atoms with Gasteiger partial charge >= 0.3 is 0 Å². The molecule has 3 heteroatoms. The first kappa shape index (κ1) is 17.5. The molecule has 1 aromatic carbocycles. The zero-order valence-electron chi connectivity index (χ0n) is 14.2. The number of hydrogen-bond acceptors (Lipinski definition) is 2. The van der Waals surface area contributed by atoms with Gasteiger partial charge in [-0.05, 0) is 51.3 Å². The molecule has 1 amide bonds. The van der Waals surface area contributed by atoms with Gasteiger partial charge in [0, 0.05) is 24.8 Å². The van der Waals surface area contributed by atoms with Crippen LogP contribution in [0.15, 0.2) is 18.2 Å². The summed E-state index contributed by atoms with van der Waals surface area (Å²) in [5.74, 6) is 0.147. The summed E-state index contributed by atoms with van der Waals surface area (Å²) in [5.41, 5.74) is 2.91. The van der Waals surface area contributed by atoms with Gasteiger partial charge in [-0.1, -0.05) is 26.3 Å². The Balaban J connectivity index is 3.07. The van der Waals surface area contributed by atoms with Crippen molar-refractivity contribution in [2.75, 3.05) is 18.4 Å². The molecule has 1 rings (SSSR count). The normalized spacial score (nSPS) is 12.0. The van der Waals surface area contributed by atoms with Gasteiger partial charge in [-0.15, -0.1) is 0 Å². The summed E-state index contributed by atoms with van der Waals surface area (Å²) in [7, 11) is 0. The van der Waals surface area contributed by atoms with Crippen molar-refractivity contribution in [3.63, 3.8) is 0 Å². The maximum Gasteiger partial charge on any atom is 0.256 e. The number of carbonyl (C=O) groups excluding carboxylic acids is 1. The van der Waals surface area contributed by atoms with E-state index < -0.39 is 0 Å². The van der Waals surface area contributed by atoms with E-state index in [1.54, 1.807) is 0 Å². The zero-order chi connectivity index (χ0) is 15.8. The molecule has 0 aliphatic carbocycles. The number of benzene rings is 1. The second-order valence-corrected chi connectivity index (χ2v) is 5.69. The van der Waals surface area contributed by atoms with Crippen LogP contribution in [0.2, 0.25) is 0 Å². The van der Waals surface area contributed by atoms with Crippen LogP contribution in [0.4, 0.5) is 5.69 Å². The highest BCUT2D eigenvalue weighted by atomic mass is 16.2. The molecule has 1 unspecified atom stereocenters. The van der Waals surface area contributed by atoms with Gasteiger partial charge in [-0.25, -0.2) is 0 Å². The van der Waals surface area contributed by atoms with Gasteiger partial charge in [0.05, 0.1) is 5.56 Å². The number of amides is 1. The molecule has 1 atom stereocenters. The van der Waals surface area contributed by atoms with E-state index in [0.717, 1.165) is 43.6 Å². The first-order valence-corrected chi connectivity index (χ1v) is 8.20. The van der Waals surface area contributed by atoms with Crippen LogP contribution in [0.3, 0.4) is 0 Å². The molecule has 0 bridgehead atoms. The van der Waals surface area contributed by atoms with E-state index in [1.165, 1.54) is 5.56 Å². The van der Waals surface area contributed by atoms with E-state index in [2.05, 4.69) is 46.0 Å². The third-order valence-corrected chi connectivity index (χ3v) is 3.91. The van der Waals surface area contributed by atoms with Crippen LogP contribution >= 0.6 is 0 Å². The quantitative estimate of drug-likeness (QED) is 0.766. The summed E-state index contributed by atoms with van der Waals surface area (Å²) in [4.78, 5) is 15.0. The minimum absolute atomic E-state index is 0.147. The minimum Gasteiger partial charge on any atom is -0.385 e. The van der Waals surface area contributed by atoms with Gasteiger partial charge in [-0.2, -0.15) is 0 Å². The standard InChI is InChI=1S/C18H30N2O/c1-6-9-12-20(15(5)7-2)18(21)16-11-10-14(4)13-17(16)19-8-3/h10-11,13,15,19H,6-9,12H2,1-5H3. The number of rotatable bonds is 8. The molecule has 21 heavy (non-hydrogen) atoms. The average Bonchev–Trinajstić information content (AvgIpc) is 2.47. The van der Waals surface area contributed by atoms with Crippen LogP contribution in [0.25, 0.3) is 0 Å². The number of nitrogens with zero attached hydrogens (tertiary/aromatic N) is 1. The van der Waals surface area contributed by atoms with E-state index in [0.29, 0.717) is 0 Å². The van der Waals surface area contributed by atoms with E-state index in [1.807, 2.05) is 17.0 Å². The summed E-state index contributed by atoms with van der Waals surface area (Å²) in [6, 6.07) is 6.31.